The van der Waals surface area contributed by atoms with Crippen LogP contribution in [0.2, 0.25) is 0 Å². The van der Waals surface area contributed by atoms with Crippen LogP contribution in [0, 0.1) is 0 Å². The van der Waals surface area contributed by atoms with E-state index in [1.807, 2.05) is 72.8 Å². The van der Waals surface area contributed by atoms with Crippen LogP contribution in [-0.4, -0.2) is 20.5 Å². The third kappa shape index (κ3) is 4.17. The smallest absolute Gasteiger partial charge is 0.268 e. The van der Waals surface area contributed by atoms with Crippen molar-refractivity contribution in [3.05, 3.63) is 101 Å². The quantitative estimate of drug-likeness (QED) is 0.255. The molecular formula is C24H20N4O2S. The van der Waals surface area contributed by atoms with Gasteiger partial charge in [-0.05, 0) is 55.5 Å². The second-order valence-electron chi connectivity index (χ2n) is 6.85. The molecule has 154 valence electrons. The number of para-hydroxylation sites is 3. The summed E-state index contributed by atoms with van der Waals surface area (Å²) in [6, 6.07) is 25.9. The Morgan fingerprint density at radius 3 is 2.26 bits per heavy atom. The van der Waals surface area contributed by atoms with Gasteiger partial charge in [0, 0.05) is 16.8 Å². The maximum atomic E-state index is 13.4. The Hall–Kier alpha value is -3.97. The number of fused-ring (bicyclic) bond motifs is 1. The zero-order valence-corrected chi connectivity index (χ0v) is 17.6. The first kappa shape index (κ1) is 20.3. The van der Waals surface area contributed by atoms with Crippen molar-refractivity contribution in [1.82, 2.24) is 9.99 Å². The molecular weight excluding hydrogens is 408 g/mol. The third-order valence-electron chi connectivity index (χ3n) is 4.79. The van der Waals surface area contributed by atoms with Crippen molar-refractivity contribution in [2.24, 2.45) is 5.10 Å². The predicted octanol–water partition coefficient (Wildman–Crippen LogP) is 4.41. The maximum Gasteiger partial charge on any atom is 0.268 e. The molecule has 1 heterocycles. The van der Waals surface area contributed by atoms with Crippen LogP contribution in [0.1, 0.15) is 12.5 Å². The van der Waals surface area contributed by atoms with Crippen LogP contribution in [0.25, 0.3) is 16.6 Å². The number of pyridine rings is 1. The van der Waals surface area contributed by atoms with E-state index in [-0.39, 0.29) is 22.0 Å². The third-order valence-corrected chi connectivity index (χ3v) is 4.98. The SMILES string of the molecule is C/C(=N\NC(=S)Nc1ccccc1)c1c(O)c2ccccc2n(-c2ccccc2)c1=O. The minimum atomic E-state index is -0.368. The standard InChI is InChI=1S/C24H20N4O2S/c1-16(26-27-24(31)25-17-10-4-2-5-11-17)21-22(29)19-14-8-9-15-20(19)28(23(21)30)18-12-6-3-7-13-18/h2-15,29H,1H3,(H2,25,27,31)/b26-16+. The molecule has 3 N–H and O–H groups in total. The van der Waals surface area contributed by atoms with E-state index < -0.39 is 0 Å². The zero-order valence-electron chi connectivity index (χ0n) is 16.7. The Labute approximate surface area is 184 Å². The molecule has 0 aliphatic carbocycles. The number of rotatable bonds is 4. The highest BCUT2D eigenvalue weighted by molar-refractivity contribution is 7.80. The largest absolute Gasteiger partial charge is 0.506 e. The van der Waals surface area contributed by atoms with Gasteiger partial charge < -0.3 is 10.4 Å². The summed E-state index contributed by atoms with van der Waals surface area (Å²) in [7, 11) is 0. The number of hydrogen-bond acceptors (Lipinski definition) is 4. The summed E-state index contributed by atoms with van der Waals surface area (Å²) in [6.45, 7) is 1.65. The molecule has 4 rings (SSSR count). The number of nitrogens with zero attached hydrogens (tertiary/aromatic N) is 2. The van der Waals surface area contributed by atoms with Gasteiger partial charge in [0.1, 0.15) is 11.3 Å². The van der Waals surface area contributed by atoms with Crippen LogP contribution in [-0.2, 0) is 0 Å². The number of nitrogens with one attached hydrogen (secondary N) is 2. The molecule has 0 bridgehead atoms. The molecule has 0 spiro atoms. The number of aromatic hydroxyl groups is 1. The van der Waals surface area contributed by atoms with Gasteiger partial charge in [0.2, 0.25) is 0 Å². The second kappa shape index (κ2) is 8.81. The fraction of sp³-hybridized carbons (Fsp3) is 0.0417. The van der Waals surface area contributed by atoms with Crippen LogP contribution >= 0.6 is 12.2 Å². The highest BCUT2D eigenvalue weighted by Crippen LogP contribution is 2.28. The average molecular weight is 429 g/mol. The first-order chi connectivity index (χ1) is 15.1. The van der Waals surface area contributed by atoms with Crippen molar-refractivity contribution in [3.63, 3.8) is 0 Å². The summed E-state index contributed by atoms with van der Waals surface area (Å²) in [5.41, 5.74) is 4.92. The first-order valence-electron chi connectivity index (χ1n) is 9.65. The molecule has 0 aliphatic heterocycles. The summed E-state index contributed by atoms with van der Waals surface area (Å²) in [6.07, 6.45) is 0. The molecule has 1 aromatic heterocycles. The summed E-state index contributed by atoms with van der Waals surface area (Å²) < 4.78 is 1.57. The lowest BCUT2D eigenvalue weighted by Crippen LogP contribution is -2.28. The van der Waals surface area contributed by atoms with Crippen LogP contribution in [0.3, 0.4) is 0 Å². The molecule has 0 unspecified atom stereocenters. The molecule has 7 heteroatoms. The lowest BCUT2D eigenvalue weighted by molar-refractivity contribution is 0.478. The average Bonchev–Trinajstić information content (AvgIpc) is 2.79. The normalized spacial score (nSPS) is 11.3. The highest BCUT2D eigenvalue weighted by atomic mass is 32.1. The van der Waals surface area contributed by atoms with E-state index in [4.69, 9.17) is 12.2 Å². The lowest BCUT2D eigenvalue weighted by Gasteiger charge is -2.15. The monoisotopic (exact) mass is 428 g/mol. The van der Waals surface area contributed by atoms with Gasteiger partial charge in [-0.1, -0.05) is 48.5 Å². The summed E-state index contributed by atoms with van der Waals surface area (Å²) in [5, 5.41) is 19.0. The number of anilines is 1. The van der Waals surface area contributed by atoms with Crippen molar-refractivity contribution in [2.45, 2.75) is 6.92 Å². The molecule has 0 aliphatic rings. The minimum absolute atomic E-state index is 0.109. The predicted molar refractivity (Wildman–Crippen MR) is 129 cm³/mol. The van der Waals surface area contributed by atoms with Crippen LogP contribution < -0.4 is 16.3 Å². The molecule has 0 atom stereocenters. The summed E-state index contributed by atoms with van der Waals surface area (Å²) in [5.74, 6) is -0.113. The van der Waals surface area contributed by atoms with E-state index in [0.29, 0.717) is 22.3 Å². The van der Waals surface area contributed by atoms with Gasteiger partial charge in [0.15, 0.2) is 5.11 Å². The van der Waals surface area contributed by atoms with Gasteiger partial charge in [-0.2, -0.15) is 5.10 Å². The fourth-order valence-electron chi connectivity index (χ4n) is 3.36. The molecule has 0 fully saturated rings. The Balaban J connectivity index is 1.76. The van der Waals surface area contributed by atoms with Gasteiger partial charge in [-0.25, -0.2) is 0 Å². The van der Waals surface area contributed by atoms with Crippen LogP contribution in [0.5, 0.6) is 5.75 Å². The maximum absolute atomic E-state index is 13.4. The van der Waals surface area contributed by atoms with Gasteiger partial charge in [0.25, 0.3) is 5.56 Å². The van der Waals surface area contributed by atoms with E-state index in [9.17, 15) is 9.90 Å². The van der Waals surface area contributed by atoms with Crippen molar-refractivity contribution >= 4 is 39.6 Å². The molecule has 0 saturated carbocycles. The first-order valence-corrected chi connectivity index (χ1v) is 10.1. The van der Waals surface area contributed by atoms with E-state index in [1.165, 1.54) is 0 Å². The second-order valence-corrected chi connectivity index (χ2v) is 7.25. The number of hydrazone groups is 1. The number of thiocarbonyl (C=S) groups is 1. The van der Waals surface area contributed by atoms with Crippen molar-refractivity contribution in [3.8, 4) is 11.4 Å². The Kier molecular flexibility index (Phi) is 5.77. The molecule has 0 amide bonds. The molecule has 31 heavy (non-hydrogen) atoms. The molecule has 0 saturated heterocycles. The Morgan fingerprint density at radius 1 is 0.935 bits per heavy atom. The van der Waals surface area contributed by atoms with E-state index in [1.54, 1.807) is 23.6 Å². The van der Waals surface area contributed by atoms with Crippen molar-refractivity contribution in [2.75, 3.05) is 5.32 Å². The lowest BCUT2D eigenvalue weighted by atomic mass is 10.1. The van der Waals surface area contributed by atoms with Gasteiger partial charge >= 0.3 is 0 Å². The van der Waals surface area contributed by atoms with E-state index >= 15 is 0 Å². The summed E-state index contributed by atoms with van der Waals surface area (Å²) in [4.78, 5) is 13.4. The minimum Gasteiger partial charge on any atom is -0.506 e. The van der Waals surface area contributed by atoms with E-state index in [0.717, 1.165) is 5.69 Å². The molecule has 3 aromatic carbocycles. The van der Waals surface area contributed by atoms with E-state index in [2.05, 4.69) is 15.8 Å². The molecule has 4 aromatic rings. The van der Waals surface area contributed by atoms with Crippen LogP contribution in [0.4, 0.5) is 5.69 Å². The van der Waals surface area contributed by atoms with Gasteiger partial charge in [-0.15, -0.1) is 0 Å². The molecule has 0 radical (unpaired) electrons. The fourth-order valence-corrected chi connectivity index (χ4v) is 3.52. The van der Waals surface area contributed by atoms with Crippen molar-refractivity contribution < 1.29 is 5.11 Å². The Bertz CT molecular complexity index is 1330. The van der Waals surface area contributed by atoms with Gasteiger partial charge in [0.05, 0.1) is 11.2 Å². The zero-order chi connectivity index (χ0) is 21.8. The van der Waals surface area contributed by atoms with Crippen molar-refractivity contribution in [1.29, 1.82) is 0 Å². The number of benzene rings is 3. The van der Waals surface area contributed by atoms with Gasteiger partial charge in [-0.3, -0.25) is 14.8 Å². The van der Waals surface area contributed by atoms with Crippen LogP contribution in [0.15, 0.2) is 94.8 Å². The number of hydrogen-bond donors (Lipinski definition) is 3. The number of aromatic nitrogens is 1. The topological polar surface area (TPSA) is 78.7 Å². The summed E-state index contributed by atoms with van der Waals surface area (Å²) >= 11 is 5.27. The molecule has 6 nitrogen and oxygen atoms in total. The Morgan fingerprint density at radius 2 is 1.55 bits per heavy atom. The highest BCUT2D eigenvalue weighted by Gasteiger charge is 2.19.